The minimum Gasteiger partial charge on any atom is -0.465 e. The highest BCUT2D eigenvalue weighted by molar-refractivity contribution is 7.96. The van der Waals surface area contributed by atoms with Crippen LogP contribution in [0.1, 0.15) is 0 Å². The van der Waals surface area contributed by atoms with Gasteiger partial charge in [0.25, 0.3) is 0 Å². The molecule has 8 heteroatoms. The van der Waals surface area contributed by atoms with E-state index in [0.717, 1.165) is 25.4 Å². The van der Waals surface area contributed by atoms with Crippen LogP contribution in [0.5, 0.6) is 0 Å². The van der Waals surface area contributed by atoms with E-state index >= 15 is 0 Å². The van der Waals surface area contributed by atoms with Gasteiger partial charge in [0.15, 0.2) is 16.5 Å². The maximum atomic E-state index is 13.2. The molecule has 24 heavy (non-hydrogen) atoms. The van der Waals surface area contributed by atoms with Crippen molar-refractivity contribution in [3.63, 3.8) is 0 Å². The summed E-state index contributed by atoms with van der Waals surface area (Å²) in [6.07, 6.45) is 0.876. The molecule has 0 fully saturated rings. The molecule has 0 aliphatic heterocycles. The highest BCUT2D eigenvalue weighted by Gasteiger charge is 2.27. The number of halogens is 2. The lowest BCUT2D eigenvalue weighted by Gasteiger charge is -2.09. The third-order valence-electron chi connectivity index (χ3n) is 3.02. The van der Waals surface area contributed by atoms with Gasteiger partial charge in [-0.15, -0.1) is 0 Å². The standard InChI is InChI=1S/C16H13F2NO4S/c1-23-16(20)15(24(21,22)12-5-3-2-4-6-12)10-19-11-7-8-13(17)14(18)9-11/h2-10,19H,1H3/b15-10+. The maximum Gasteiger partial charge on any atom is 0.351 e. The molecule has 0 radical (unpaired) electrons. The third kappa shape index (κ3) is 3.77. The van der Waals surface area contributed by atoms with Crippen molar-refractivity contribution < 1.29 is 26.7 Å². The Kier molecular flexibility index (Phi) is 5.30. The molecule has 0 heterocycles. The number of ether oxygens (including phenoxy) is 1. The Labute approximate surface area is 137 Å². The molecule has 0 unspecified atom stereocenters. The van der Waals surface area contributed by atoms with Crippen molar-refractivity contribution in [1.82, 2.24) is 0 Å². The van der Waals surface area contributed by atoms with Crippen LogP contribution in [0.4, 0.5) is 14.5 Å². The Morgan fingerprint density at radius 1 is 1.08 bits per heavy atom. The molecule has 126 valence electrons. The van der Waals surface area contributed by atoms with Gasteiger partial charge in [0, 0.05) is 18.0 Å². The van der Waals surface area contributed by atoms with Crippen LogP contribution >= 0.6 is 0 Å². The van der Waals surface area contributed by atoms with Crippen LogP contribution in [-0.4, -0.2) is 21.5 Å². The summed E-state index contributed by atoms with van der Waals surface area (Å²) < 4.78 is 55.6. The number of sulfone groups is 1. The predicted octanol–water partition coefficient (Wildman–Crippen LogP) is 2.87. The van der Waals surface area contributed by atoms with E-state index in [4.69, 9.17) is 0 Å². The van der Waals surface area contributed by atoms with E-state index in [1.54, 1.807) is 6.07 Å². The largest absolute Gasteiger partial charge is 0.465 e. The van der Waals surface area contributed by atoms with Crippen molar-refractivity contribution in [3.8, 4) is 0 Å². The summed E-state index contributed by atoms with van der Waals surface area (Å²) in [5.74, 6) is -3.25. The van der Waals surface area contributed by atoms with Gasteiger partial charge in [-0.25, -0.2) is 22.0 Å². The lowest BCUT2D eigenvalue weighted by molar-refractivity contribution is -0.135. The summed E-state index contributed by atoms with van der Waals surface area (Å²) in [6, 6.07) is 10.2. The second kappa shape index (κ2) is 7.22. The lowest BCUT2D eigenvalue weighted by Crippen LogP contribution is -2.16. The quantitative estimate of drug-likeness (QED) is 0.661. The first-order valence-corrected chi connectivity index (χ1v) is 8.15. The van der Waals surface area contributed by atoms with Gasteiger partial charge in [-0.2, -0.15) is 0 Å². The number of hydrogen-bond donors (Lipinski definition) is 1. The molecule has 2 rings (SSSR count). The normalized spacial score (nSPS) is 11.9. The Morgan fingerprint density at radius 3 is 2.33 bits per heavy atom. The van der Waals surface area contributed by atoms with Gasteiger partial charge in [-0.05, 0) is 24.3 Å². The van der Waals surface area contributed by atoms with E-state index in [0.29, 0.717) is 0 Å². The van der Waals surface area contributed by atoms with Gasteiger partial charge in [0.1, 0.15) is 0 Å². The van der Waals surface area contributed by atoms with Crippen LogP contribution in [0.2, 0.25) is 0 Å². The average Bonchev–Trinajstić information content (AvgIpc) is 2.58. The van der Waals surface area contributed by atoms with E-state index in [2.05, 4.69) is 10.1 Å². The van der Waals surface area contributed by atoms with Crippen molar-refractivity contribution >= 4 is 21.5 Å². The molecule has 0 saturated carbocycles. The highest BCUT2D eigenvalue weighted by Crippen LogP contribution is 2.21. The van der Waals surface area contributed by atoms with Gasteiger partial charge in [0.05, 0.1) is 12.0 Å². The van der Waals surface area contributed by atoms with Crippen molar-refractivity contribution in [2.45, 2.75) is 4.90 Å². The lowest BCUT2D eigenvalue weighted by atomic mass is 10.3. The fourth-order valence-electron chi connectivity index (χ4n) is 1.81. The molecule has 2 aromatic rings. The van der Waals surface area contributed by atoms with Crippen molar-refractivity contribution in [1.29, 1.82) is 0 Å². The van der Waals surface area contributed by atoms with Gasteiger partial charge in [0.2, 0.25) is 9.84 Å². The first kappa shape index (κ1) is 17.6. The minimum atomic E-state index is -4.14. The number of anilines is 1. The Bertz CT molecular complexity index is 880. The summed E-state index contributed by atoms with van der Waals surface area (Å²) in [6.45, 7) is 0. The zero-order valence-corrected chi connectivity index (χ0v) is 13.3. The number of rotatable bonds is 5. The van der Waals surface area contributed by atoms with Gasteiger partial charge in [-0.1, -0.05) is 18.2 Å². The minimum absolute atomic E-state index is 0.0681. The van der Waals surface area contributed by atoms with E-state index in [9.17, 15) is 22.0 Å². The first-order chi connectivity index (χ1) is 11.4. The molecule has 5 nitrogen and oxygen atoms in total. The van der Waals surface area contributed by atoms with Crippen LogP contribution in [0.3, 0.4) is 0 Å². The fraction of sp³-hybridized carbons (Fsp3) is 0.0625. The summed E-state index contributed by atoms with van der Waals surface area (Å²) in [4.78, 5) is 11.1. The average molecular weight is 353 g/mol. The number of carbonyl (C=O) groups excluding carboxylic acids is 1. The number of nitrogens with one attached hydrogen (secondary N) is 1. The fourth-order valence-corrected chi connectivity index (χ4v) is 3.09. The molecule has 0 aromatic heterocycles. The monoisotopic (exact) mass is 353 g/mol. The number of methoxy groups -OCH3 is 1. The zero-order chi connectivity index (χ0) is 17.7. The molecule has 0 aliphatic rings. The molecule has 0 atom stereocenters. The number of benzene rings is 2. The van der Waals surface area contributed by atoms with E-state index < -0.39 is 32.3 Å². The van der Waals surface area contributed by atoms with Gasteiger partial charge >= 0.3 is 5.97 Å². The SMILES string of the molecule is COC(=O)/C(=C\Nc1ccc(F)c(F)c1)S(=O)(=O)c1ccccc1. The Morgan fingerprint density at radius 2 is 1.75 bits per heavy atom. The molecular formula is C16H13F2NO4S. The summed E-state index contributed by atoms with van der Waals surface area (Å²) in [5.41, 5.74) is 0.0681. The van der Waals surface area contributed by atoms with Crippen molar-refractivity contribution in [3.05, 3.63) is 71.3 Å². The summed E-state index contributed by atoms with van der Waals surface area (Å²) >= 11 is 0. The van der Waals surface area contributed by atoms with Gasteiger partial charge in [-0.3, -0.25) is 0 Å². The second-order valence-corrected chi connectivity index (χ2v) is 6.51. The number of hydrogen-bond acceptors (Lipinski definition) is 5. The van der Waals surface area contributed by atoms with E-state index in [-0.39, 0.29) is 10.6 Å². The Hall–Kier alpha value is -2.74. The molecule has 0 amide bonds. The van der Waals surface area contributed by atoms with Crippen LogP contribution in [0, 0.1) is 11.6 Å². The zero-order valence-electron chi connectivity index (χ0n) is 12.5. The Balaban J connectivity index is 2.42. The van der Waals surface area contributed by atoms with E-state index in [1.165, 1.54) is 30.3 Å². The van der Waals surface area contributed by atoms with E-state index in [1.807, 2.05) is 0 Å². The molecular weight excluding hydrogens is 340 g/mol. The summed E-state index contributed by atoms with van der Waals surface area (Å²) in [7, 11) is -3.11. The maximum absolute atomic E-state index is 13.2. The molecule has 0 spiro atoms. The van der Waals surface area contributed by atoms with Crippen LogP contribution in [0.25, 0.3) is 0 Å². The third-order valence-corrected chi connectivity index (χ3v) is 4.78. The smallest absolute Gasteiger partial charge is 0.351 e. The highest BCUT2D eigenvalue weighted by atomic mass is 32.2. The first-order valence-electron chi connectivity index (χ1n) is 6.66. The van der Waals surface area contributed by atoms with Crippen LogP contribution in [0.15, 0.2) is 64.5 Å². The van der Waals surface area contributed by atoms with Crippen LogP contribution < -0.4 is 5.32 Å². The molecule has 1 N–H and O–H groups in total. The molecule has 0 aliphatic carbocycles. The number of carbonyl (C=O) groups is 1. The second-order valence-electron chi connectivity index (χ2n) is 4.59. The van der Waals surface area contributed by atoms with Crippen molar-refractivity contribution in [2.75, 3.05) is 12.4 Å². The van der Waals surface area contributed by atoms with Crippen LogP contribution in [-0.2, 0) is 19.4 Å². The predicted molar refractivity (Wildman–Crippen MR) is 83.7 cm³/mol. The summed E-state index contributed by atoms with van der Waals surface area (Å²) in [5, 5.41) is 2.46. The molecule has 2 aromatic carbocycles. The molecule has 0 saturated heterocycles. The topological polar surface area (TPSA) is 72.5 Å². The van der Waals surface area contributed by atoms with Gasteiger partial charge < -0.3 is 10.1 Å². The molecule has 0 bridgehead atoms. The number of esters is 1. The van der Waals surface area contributed by atoms with Crippen molar-refractivity contribution in [2.24, 2.45) is 0 Å².